The van der Waals surface area contributed by atoms with Crippen LogP contribution in [-0.2, 0) is 13.1 Å². The molecule has 2 N–H and O–H groups in total. The number of aromatic nitrogens is 4. The summed E-state index contributed by atoms with van der Waals surface area (Å²) in [4.78, 5) is 51.4. The quantitative estimate of drug-likeness (QED) is 0.817. The van der Waals surface area contributed by atoms with Gasteiger partial charge < -0.3 is 9.13 Å². The summed E-state index contributed by atoms with van der Waals surface area (Å²) < 4.78 is 2.79. The van der Waals surface area contributed by atoms with Crippen LogP contribution in [0.25, 0.3) is 6.08 Å². The van der Waals surface area contributed by atoms with Crippen molar-refractivity contribution in [1.29, 1.82) is 0 Å². The molecule has 8 heteroatoms. The summed E-state index contributed by atoms with van der Waals surface area (Å²) >= 11 is 0. The van der Waals surface area contributed by atoms with Crippen molar-refractivity contribution in [2.45, 2.75) is 39.8 Å². The van der Waals surface area contributed by atoms with Gasteiger partial charge in [-0.15, -0.1) is 0 Å². The standard InChI is InChI=1S/C16H20N4O4/c1-4-19-8-11(13(21)17-15(19)23)7-6-10(3)12-9-20(5-2)16(24)18-14(12)22/h6-10H,4-5H2,1-3H3,(H,17,21,23)(H,18,22,24)/b7-6+. The Bertz CT molecular complexity index is 991. The van der Waals surface area contributed by atoms with Gasteiger partial charge in [-0.3, -0.25) is 19.6 Å². The van der Waals surface area contributed by atoms with Crippen molar-refractivity contribution in [2.24, 2.45) is 0 Å². The maximum atomic E-state index is 12.0. The van der Waals surface area contributed by atoms with Crippen LogP contribution in [0.3, 0.4) is 0 Å². The monoisotopic (exact) mass is 332 g/mol. The van der Waals surface area contributed by atoms with Crippen LogP contribution >= 0.6 is 0 Å². The fourth-order valence-corrected chi connectivity index (χ4v) is 2.32. The predicted molar refractivity (Wildman–Crippen MR) is 91.4 cm³/mol. The summed E-state index contributed by atoms with van der Waals surface area (Å²) in [5.74, 6) is -0.312. The third-order valence-corrected chi connectivity index (χ3v) is 3.81. The number of hydrogen-bond acceptors (Lipinski definition) is 4. The summed E-state index contributed by atoms with van der Waals surface area (Å²) in [5.41, 5.74) is -1.10. The van der Waals surface area contributed by atoms with Gasteiger partial charge in [0, 0.05) is 37.0 Å². The molecular formula is C16H20N4O4. The van der Waals surface area contributed by atoms with Gasteiger partial charge in [0.15, 0.2) is 0 Å². The Labute approximate surface area is 137 Å². The topological polar surface area (TPSA) is 110 Å². The molecule has 0 aliphatic heterocycles. The van der Waals surface area contributed by atoms with Crippen LogP contribution in [0.1, 0.15) is 37.8 Å². The van der Waals surface area contributed by atoms with Crippen molar-refractivity contribution in [2.75, 3.05) is 0 Å². The number of hydrogen-bond donors (Lipinski definition) is 2. The number of nitrogens with zero attached hydrogens (tertiary/aromatic N) is 2. The molecule has 0 saturated heterocycles. The number of aryl methyl sites for hydroxylation is 2. The van der Waals surface area contributed by atoms with Gasteiger partial charge in [-0.25, -0.2) is 9.59 Å². The molecule has 2 rings (SSSR count). The van der Waals surface area contributed by atoms with Crippen molar-refractivity contribution in [3.05, 3.63) is 71.3 Å². The Kier molecular flexibility index (Phi) is 5.18. The van der Waals surface area contributed by atoms with E-state index in [0.29, 0.717) is 24.2 Å². The van der Waals surface area contributed by atoms with E-state index in [1.807, 2.05) is 0 Å². The van der Waals surface area contributed by atoms with E-state index >= 15 is 0 Å². The SMILES string of the molecule is CCn1cc(/C=C/C(C)c2cn(CC)c(=O)[nH]c2=O)c(=O)[nH]c1=O. The van der Waals surface area contributed by atoms with E-state index in [1.54, 1.807) is 32.9 Å². The minimum atomic E-state index is -0.486. The third kappa shape index (κ3) is 3.53. The molecule has 0 aromatic carbocycles. The van der Waals surface area contributed by atoms with Gasteiger partial charge in [0.25, 0.3) is 11.1 Å². The molecule has 128 valence electrons. The van der Waals surface area contributed by atoms with Crippen LogP contribution in [0.15, 0.2) is 37.6 Å². The molecular weight excluding hydrogens is 312 g/mol. The van der Waals surface area contributed by atoms with E-state index < -0.39 is 22.5 Å². The largest absolute Gasteiger partial charge is 0.328 e. The van der Waals surface area contributed by atoms with Crippen molar-refractivity contribution in [3.8, 4) is 0 Å². The van der Waals surface area contributed by atoms with Crippen LogP contribution in [-0.4, -0.2) is 19.1 Å². The van der Waals surface area contributed by atoms with Crippen LogP contribution in [0, 0.1) is 0 Å². The van der Waals surface area contributed by atoms with Gasteiger partial charge in [-0.1, -0.05) is 19.1 Å². The lowest BCUT2D eigenvalue weighted by Crippen LogP contribution is -2.32. The van der Waals surface area contributed by atoms with E-state index in [2.05, 4.69) is 9.97 Å². The second-order valence-electron chi connectivity index (χ2n) is 5.41. The lowest BCUT2D eigenvalue weighted by molar-refractivity contribution is 0.676. The molecule has 0 saturated carbocycles. The highest BCUT2D eigenvalue weighted by Gasteiger charge is 2.10. The second-order valence-corrected chi connectivity index (χ2v) is 5.41. The molecule has 2 heterocycles. The summed E-state index contributed by atoms with van der Waals surface area (Å²) in [6, 6.07) is 0. The molecule has 8 nitrogen and oxygen atoms in total. The maximum absolute atomic E-state index is 12.0. The molecule has 0 radical (unpaired) electrons. The van der Waals surface area contributed by atoms with Crippen LogP contribution in [0.2, 0.25) is 0 Å². The highest BCUT2D eigenvalue weighted by molar-refractivity contribution is 5.48. The van der Waals surface area contributed by atoms with Gasteiger partial charge in [0.1, 0.15) is 0 Å². The average Bonchev–Trinajstić information content (AvgIpc) is 2.54. The van der Waals surface area contributed by atoms with Gasteiger partial charge in [-0.2, -0.15) is 0 Å². The van der Waals surface area contributed by atoms with Gasteiger partial charge in [0.2, 0.25) is 0 Å². The van der Waals surface area contributed by atoms with Gasteiger partial charge in [-0.05, 0) is 13.8 Å². The molecule has 24 heavy (non-hydrogen) atoms. The minimum Gasteiger partial charge on any atom is -0.301 e. The number of H-pyrrole nitrogens is 2. The highest BCUT2D eigenvalue weighted by atomic mass is 16.2. The molecule has 1 atom stereocenters. The first-order chi connectivity index (χ1) is 11.4. The van der Waals surface area contributed by atoms with Gasteiger partial charge in [0.05, 0.1) is 5.56 Å². The minimum absolute atomic E-state index is 0.312. The van der Waals surface area contributed by atoms with Crippen LogP contribution in [0.5, 0.6) is 0 Å². The lowest BCUT2D eigenvalue weighted by Gasteiger charge is -2.08. The summed E-state index contributed by atoms with van der Waals surface area (Å²) in [5, 5.41) is 0. The average molecular weight is 332 g/mol. The molecule has 2 aromatic heterocycles. The molecule has 1 unspecified atom stereocenters. The van der Waals surface area contributed by atoms with E-state index in [-0.39, 0.29) is 5.92 Å². The fourth-order valence-electron chi connectivity index (χ4n) is 2.32. The summed E-state index contributed by atoms with van der Waals surface area (Å²) in [6.45, 7) is 6.27. The first kappa shape index (κ1) is 17.5. The predicted octanol–water partition coefficient (Wildman–Crippen LogP) is 0.243. The summed E-state index contributed by atoms with van der Waals surface area (Å²) in [7, 11) is 0. The Hall–Kier alpha value is -2.90. The zero-order chi connectivity index (χ0) is 17.9. The lowest BCUT2D eigenvalue weighted by atomic mass is 10.0. The van der Waals surface area contributed by atoms with E-state index in [1.165, 1.54) is 21.5 Å². The van der Waals surface area contributed by atoms with Gasteiger partial charge >= 0.3 is 11.4 Å². The van der Waals surface area contributed by atoms with Crippen molar-refractivity contribution < 1.29 is 0 Å². The summed E-state index contributed by atoms with van der Waals surface area (Å²) in [6.07, 6.45) is 6.25. The Morgan fingerprint density at radius 1 is 0.958 bits per heavy atom. The van der Waals surface area contributed by atoms with E-state index in [4.69, 9.17) is 0 Å². The first-order valence-electron chi connectivity index (χ1n) is 7.73. The van der Waals surface area contributed by atoms with Crippen LogP contribution < -0.4 is 22.5 Å². The highest BCUT2D eigenvalue weighted by Crippen LogP contribution is 2.12. The molecule has 0 fully saturated rings. The van der Waals surface area contributed by atoms with Crippen molar-refractivity contribution >= 4 is 6.08 Å². The molecule has 0 bridgehead atoms. The Balaban J connectivity index is 2.40. The Morgan fingerprint density at radius 2 is 1.50 bits per heavy atom. The fraction of sp³-hybridized carbons (Fsp3) is 0.375. The number of rotatable bonds is 5. The van der Waals surface area contributed by atoms with Crippen LogP contribution in [0.4, 0.5) is 0 Å². The zero-order valence-corrected chi connectivity index (χ0v) is 13.8. The molecule has 2 aromatic rings. The maximum Gasteiger partial charge on any atom is 0.328 e. The van der Waals surface area contributed by atoms with E-state index in [0.717, 1.165) is 0 Å². The third-order valence-electron chi connectivity index (χ3n) is 3.81. The smallest absolute Gasteiger partial charge is 0.301 e. The number of allylic oxidation sites excluding steroid dienone is 1. The van der Waals surface area contributed by atoms with Crippen molar-refractivity contribution in [3.63, 3.8) is 0 Å². The molecule has 0 spiro atoms. The van der Waals surface area contributed by atoms with E-state index in [9.17, 15) is 19.2 Å². The number of nitrogens with one attached hydrogen (secondary N) is 2. The normalized spacial score (nSPS) is 12.6. The zero-order valence-electron chi connectivity index (χ0n) is 13.8. The Morgan fingerprint density at radius 3 is 2.08 bits per heavy atom. The first-order valence-corrected chi connectivity index (χ1v) is 7.73. The molecule has 0 amide bonds. The van der Waals surface area contributed by atoms with Crippen molar-refractivity contribution in [1.82, 2.24) is 19.1 Å². The molecule has 0 aliphatic rings. The second kappa shape index (κ2) is 7.12. The number of aromatic amines is 2. The molecule has 0 aliphatic carbocycles.